The number of nitrogens with one attached hydrogen (secondary N) is 1. The molecule has 1 aliphatic carbocycles. The Hall–Kier alpha value is -2.60. The SMILES string of the molecule is COc1cc(CO)cc(-c2cnc3c(NCC4CC4)nccn23)c1. The molecule has 6 heteroatoms. The minimum atomic E-state index is -0.0311. The average Bonchev–Trinajstić information content (AvgIpc) is 3.36. The molecule has 0 saturated heterocycles. The second-order valence-corrected chi connectivity index (χ2v) is 6.17. The van der Waals surface area contributed by atoms with E-state index < -0.39 is 0 Å². The zero-order chi connectivity index (χ0) is 16.5. The first-order valence-corrected chi connectivity index (χ1v) is 8.13. The molecule has 24 heavy (non-hydrogen) atoms. The van der Waals surface area contributed by atoms with Crippen LogP contribution in [0.1, 0.15) is 18.4 Å². The lowest BCUT2D eigenvalue weighted by Crippen LogP contribution is -2.06. The van der Waals surface area contributed by atoms with Gasteiger partial charge in [0.25, 0.3) is 0 Å². The minimum absolute atomic E-state index is 0.0311. The lowest BCUT2D eigenvalue weighted by atomic mass is 10.1. The molecule has 0 unspecified atom stereocenters. The number of aliphatic hydroxyl groups excluding tert-OH is 1. The van der Waals surface area contributed by atoms with E-state index in [4.69, 9.17) is 4.74 Å². The number of anilines is 1. The average molecular weight is 324 g/mol. The van der Waals surface area contributed by atoms with Crippen LogP contribution in [0.4, 0.5) is 5.82 Å². The number of aliphatic hydroxyl groups is 1. The van der Waals surface area contributed by atoms with E-state index in [0.29, 0.717) is 5.75 Å². The van der Waals surface area contributed by atoms with Crippen molar-refractivity contribution >= 4 is 11.5 Å². The number of methoxy groups -OCH3 is 1. The standard InChI is InChI=1S/C18H20N4O2/c1-24-15-7-13(11-23)6-14(8-15)16-10-21-18-17(19-4-5-22(16)18)20-9-12-2-3-12/h4-8,10,12,23H,2-3,9,11H2,1H3,(H,19,20). The lowest BCUT2D eigenvalue weighted by molar-refractivity contribution is 0.281. The molecule has 6 nitrogen and oxygen atoms in total. The molecule has 0 radical (unpaired) electrons. The maximum atomic E-state index is 9.47. The van der Waals surface area contributed by atoms with Gasteiger partial charge in [-0.15, -0.1) is 0 Å². The van der Waals surface area contributed by atoms with Crippen LogP contribution in [-0.4, -0.2) is 33.1 Å². The van der Waals surface area contributed by atoms with Gasteiger partial charge in [0.2, 0.25) is 0 Å². The summed E-state index contributed by atoms with van der Waals surface area (Å²) >= 11 is 0. The Balaban J connectivity index is 1.75. The minimum Gasteiger partial charge on any atom is -0.497 e. The molecule has 1 fully saturated rings. The summed E-state index contributed by atoms with van der Waals surface area (Å²) in [5.74, 6) is 2.29. The van der Waals surface area contributed by atoms with Crippen molar-refractivity contribution in [3.05, 3.63) is 42.4 Å². The Labute approximate surface area is 140 Å². The largest absolute Gasteiger partial charge is 0.497 e. The van der Waals surface area contributed by atoms with Crippen molar-refractivity contribution in [3.63, 3.8) is 0 Å². The molecule has 0 amide bonds. The highest BCUT2D eigenvalue weighted by Gasteiger charge is 2.21. The first-order valence-electron chi connectivity index (χ1n) is 8.13. The van der Waals surface area contributed by atoms with Crippen LogP contribution in [0.3, 0.4) is 0 Å². The van der Waals surface area contributed by atoms with Gasteiger partial charge in [-0.05, 0) is 42.5 Å². The van der Waals surface area contributed by atoms with Crippen molar-refractivity contribution < 1.29 is 9.84 Å². The van der Waals surface area contributed by atoms with Gasteiger partial charge in [-0.3, -0.25) is 4.40 Å². The van der Waals surface area contributed by atoms with Crippen LogP contribution in [0.5, 0.6) is 5.75 Å². The molecule has 0 aliphatic heterocycles. The van der Waals surface area contributed by atoms with Crippen molar-refractivity contribution in [1.29, 1.82) is 0 Å². The molecule has 124 valence electrons. The summed E-state index contributed by atoms with van der Waals surface area (Å²) in [5.41, 5.74) is 3.50. The first kappa shape index (κ1) is 15.0. The topological polar surface area (TPSA) is 71.7 Å². The predicted molar refractivity (Wildman–Crippen MR) is 92.1 cm³/mol. The second kappa shape index (κ2) is 6.13. The number of hydrogen-bond acceptors (Lipinski definition) is 5. The van der Waals surface area contributed by atoms with Crippen molar-refractivity contribution in [2.45, 2.75) is 19.4 Å². The Morgan fingerprint density at radius 1 is 1.29 bits per heavy atom. The van der Waals surface area contributed by atoms with E-state index in [1.165, 1.54) is 12.8 Å². The number of benzene rings is 1. The molecular formula is C18H20N4O2. The number of hydrogen-bond donors (Lipinski definition) is 2. The number of rotatable bonds is 6. The normalized spacial score (nSPS) is 14.1. The zero-order valence-corrected chi connectivity index (χ0v) is 13.6. The van der Waals surface area contributed by atoms with Gasteiger partial charge in [-0.25, -0.2) is 9.97 Å². The number of ether oxygens (including phenoxy) is 1. The molecule has 2 heterocycles. The summed E-state index contributed by atoms with van der Waals surface area (Å²) in [6.45, 7) is 0.916. The fraction of sp³-hybridized carbons (Fsp3) is 0.333. The molecule has 0 atom stereocenters. The van der Waals surface area contributed by atoms with Crippen molar-refractivity contribution in [2.24, 2.45) is 5.92 Å². The Morgan fingerprint density at radius 2 is 2.17 bits per heavy atom. The highest BCUT2D eigenvalue weighted by Crippen LogP contribution is 2.30. The molecule has 0 bridgehead atoms. The van der Waals surface area contributed by atoms with Gasteiger partial charge >= 0.3 is 0 Å². The maximum absolute atomic E-state index is 9.47. The summed E-state index contributed by atoms with van der Waals surface area (Å²) in [5, 5.41) is 12.9. The molecule has 2 aromatic heterocycles. The van der Waals surface area contributed by atoms with Gasteiger partial charge in [0.05, 0.1) is 25.6 Å². The zero-order valence-electron chi connectivity index (χ0n) is 13.6. The van der Waals surface area contributed by atoms with Crippen LogP contribution in [0.2, 0.25) is 0 Å². The third-order valence-corrected chi connectivity index (χ3v) is 4.36. The third-order valence-electron chi connectivity index (χ3n) is 4.36. The highest BCUT2D eigenvalue weighted by molar-refractivity contribution is 5.71. The fourth-order valence-electron chi connectivity index (χ4n) is 2.84. The van der Waals surface area contributed by atoms with E-state index in [9.17, 15) is 5.11 Å². The van der Waals surface area contributed by atoms with Crippen LogP contribution < -0.4 is 10.1 Å². The monoisotopic (exact) mass is 324 g/mol. The Kier molecular flexibility index (Phi) is 3.82. The number of aromatic nitrogens is 3. The number of fused-ring (bicyclic) bond motifs is 1. The smallest absolute Gasteiger partial charge is 0.180 e. The summed E-state index contributed by atoms with van der Waals surface area (Å²) in [6, 6.07) is 5.72. The van der Waals surface area contributed by atoms with E-state index in [1.807, 2.05) is 35.0 Å². The van der Waals surface area contributed by atoms with Crippen LogP contribution in [0.15, 0.2) is 36.8 Å². The van der Waals surface area contributed by atoms with Crippen LogP contribution in [0.25, 0.3) is 16.9 Å². The maximum Gasteiger partial charge on any atom is 0.180 e. The molecule has 0 spiro atoms. The van der Waals surface area contributed by atoms with Crippen molar-refractivity contribution in [2.75, 3.05) is 19.0 Å². The number of imidazole rings is 1. The molecule has 1 saturated carbocycles. The highest BCUT2D eigenvalue weighted by atomic mass is 16.5. The van der Waals surface area contributed by atoms with Gasteiger partial charge < -0.3 is 15.2 Å². The molecule has 2 N–H and O–H groups in total. The molecule has 1 aliphatic rings. The molecule has 4 rings (SSSR count). The molecule has 1 aromatic carbocycles. The predicted octanol–water partition coefficient (Wildman–Crippen LogP) is 2.72. The Morgan fingerprint density at radius 3 is 2.92 bits per heavy atom. The van der Waals surface area contributed by atoms with E-state index in [1.54, 1.807) is 13.3 Å². The second-order valence-electron chi connectivity index (χ2n) is 6.17. The van der Waals surface area contributed by atoms with Gasteiger partial charge in [-0.2, -0.15) is 0 Å². The van der Waals surface area contributed by atoms with Crippen LogP contribution in [-0.2, 0) is 6.61 Å². The summed E-state index contributed by atoms with van der Waals surface area (Å²) < 4.78 is 7.35. The van der Waals surface area contributed by atoms with Crippen molar-refractivity contribution in [3.8, 4) is 17.0 Å². The van der Waals surface area contributed by atoms with E-state index in [0.717, 1.165) is 40.7 Å². The first-order chi connectivity index (χ1) is 11.8. The van der Waals surface area contributed by atoms with E-state index in [2.05, 4.69) is 15.3 Å². The van der Waals surface area contributed by atoms with E-state index >= 15 is 0 Å². The van der Waals surface area contributed by atoms with Gasteiger partial charge in [0.15, 0.2) is 11.5 Å². The summed E-state index contributed by atoms with van der Waals surface area (Å²) in [4.78, 5) is 8.96. The number of nitrogens with zero attached hydrogens (tertiary/aromatic N) is 3. The third kappa shape index (κ3) is 2.80. The fourth-order valence-corrected chi connectivity index (χ4v) is 2.84. The molecular weight excluding hydrogens is 304 g/mol. The lowest BCUT2D eigenvalue weighted by Gasteiger charge is -2.09. The summed E-state index contributed by atoms with van der Waals surface area (Å²) in [7, 11) is 1.62. The van der Waals surface area contributed by atoms with Gasteiger partial charge in [0.1, 0.15) is 5.75 Å². The van der Waals surface area contributed by atoms with Crippen LogP contribution >= 0.6 is 0 Å². The van der Waals surface area contributed by atoms with Gasteiger partial charge in [-0.1, -0.05) is 0 Å². The van der Waals surface area contributed by atoms with Gasteiger partial charge in [0, 0.05) is 24.5 Å². The molecule has 3 aromatic rings. The quantitative estimate of drug-likeness (QED) is 0.729. The van der Waals surface area contributed by atoms with E-state index in [-0.39, 0.29) is 6.61 Å². The summed E-state index contributed by atoms with van der Waals surface area (Å²) in [6.07, 6.45) is 8.10. The van der Waals surface area contributed by atoms with Crippen LogP contribution in [0, 0.1) is 5.92 Å². The Bertz CT molecular complexity index is 848. The van der Waals surface area contributed by atoms with Crippen molar-refractivity contribution in [1.82, 2.24) is 14.4 Å².